The standard InChI is InChI=1S/C11H9BrN2O2/c1-5-2-3-6-8(9(5)13)7(12)4-14-10(6)11(15)16/h2-4H,13H2,1H3,(H,15,16). The molecule has 0 aliphatic rings. The molecule has 0 unspecified atom stereocenters. The molecule has 0 fully saturated rings. The molecule has 0 spiro atoms. The van der Waals surface area contributed by atoms with E-state index >= 15 is 0 Å². The minimum atomic E-state index is -1.05. The number of aromatic nitrogens is 1. The molecule has 0 atom stereocenters. The summed E-state index contributed by atoms with van der Waals surface area (Å²) in [7, 11) is 0. The number of aromatic carboxylic acids is 1. The first-order valence-electron chi connectivity index (χ1n) is 4.59. The predicted molar refractivity (Wildman–Crippen MR) is 65.6 cm³/mol. The summed E-state index contributed by atoms with van der Waals surface area (Å²) in [5.41, 5.74) is 7.45. The number of halogens is 1. The summed E-state index contributed by atoms with van der Waals surface area (Å²) in [4.78, 5) is 14.9. The van der Waals surface area contributed by atoms with Crippen LogP contribution in [0.2, 0.25) is 0 Å². The Morgan fingerprint density at radius 1 is 1.50 bits per heavy atom. The van der Waals surface area contributed by atoms with Gasteiger partial charge in [-0.15, -0.1) is 0 Å². The molecule has 0 amide bonds. The van der Waals surface area contributed by atoms with E-state index in [2.05, 4.69) is 20.9 Å². The van der Waals surface area contributed by atoms with E-state index in [0.29, 0.717) is 20.9 Å². The highest BCUT2D eigenvalue weighted by molar-refractivity contribution is 9.10. The molecular weight excluding hydrogens is 272 g/mol. The Bertz CT molecular complexity index is 596. The fraction of sp³-hybridized carbons (Fsp3) is 0.0909. The van der Waals surface area contributed by atoms with Crippen LogP contribution in [0.25, 0.3) is 10.8 Å². The molecule has 16 heavy (non-hydrogen) atoms. The first-order chi connectivity index (χ1) is 7.52. The number of carboxylic acid groups (broad SMARTS) is 1. The number of pyridine rings is 1. The summed E-state index contributed by atoms with van der Waals surface area (Å²) < 4.78 is 0.703. The zero-order valence-electron chi connectivity index (χ0n) is 8.49. The summed E-state index contributed by atoms with van der Waals surface area (Å²) in [5, 5.41) is 10.3. The van der Waals surface area contributed by atoms with Gasteiger partial charge < -0.3 is 10.8 Å². The summed E-state index contributed by atoms with van der Waals surface area (Å²) in [6, 6.07) is 3.51. The lowest BCUT2D eigenvalue weighted by molar-refractivity contribution is 0.0693. The highest BCUT2D eigenvalue weighted by atomic mass is 79.9. The maximum atomic E-state index is 11.0. The van der Waals surface area contributed by atoms with Crippen LogP contribution in [0.4, 0.5) is 5.69 Å². The molecule has 5 heteroatoms. The van der Waals surface area contributed by atoms with Crippen molar-refractivity contribution in [2.75, 3.05) is 5.73 Å². The smallest absolute Gasteiger partial charge is 0.355 e. The maximum absolute atomic E-state index is 11.0. The maximum Gasteiger partial charge on any atom is 0.355 e. The third-order valence-corrected chi connectivity index (χ3v) is 3.07. The van der Waals surface area contributed by atoms with Crippen LogP contribution in [0.15, 0.2) is 22.8 Å². The largest absolute Gasteiger partial charge is 0.476 e. The Balaban J connectivity index is 2.97. The van der Waals surface area contributed by atoms with E-state index in [9.17, 15) is 4.79 Å². The summed E-state index contributed by atoms with van der Waals surface area (Å²) in [5.74, 6) is -1.05. The average molecular weight is 281 g/mol. The Hall–Kier alpha value is -1.62. The summed E-state index contributed by atoms with van der Waals surface area (Å²) in [6.07, 6.45) is 1.46. The third-order valence-electron chi connectivity index (χ3n) is 2.47. The molecule has 2 aromatic rings. The van der Waals surface area contributed by atoms with E-state index in [1.54, 1.807) is 12.1 Å². The van der Waals surface area contributed by atoms with Crippen molar-refractivity contribution in [3.8, 4) is 0 Å². The third kappa shape index (κ3) is 1.53. The number of carbonyl (C=O) groups is 1. The molecule has 0 saturated carbocycles. The van der Waals surface area contributed by atoms with Crippen molar-refractivity contribution in [3.63, 3.8) is 0 Å². The first kappa shape index (κ1) is 10.9. The van der Waals surface area contributed by atoms with Crippen LogP contribution in [0, 0.1) is 6.92 Å². The van der Waals surface area contributed by atoms with Gasteiger partial charge in [0.15, 0.2) is 5.69 Å². The molecule has 3 N–H and O–H groups in total. The molecule has 1 aromatic heterocycles. The van der Waals surface area contributed by atoms with E-state index in [0.717, 1.165) is 5.56 Å². The quantitative estimate of drug-likeness (QED) is 0.788. The highest BCUT2D eigenvalue weighted by Crippen LogP contribution is 2.32. The number of nitrogens with zero attached hydrogens (tertiary/aromatic N) is 1. The lowest BCUT2D eigenvalue weighted by Crippen LogP contribution is -2.03. The SMILES string of the molecule is Cc1ccc2c(C(=O)O)ncc(Br)c2c1N. The van der Waals surface area contributed by atoms with Gasteiger partial charge in [-0.3, -0.25) is 0 Å². The fourth-order valence-corrected chi connectivity index (χ4v) is 2.13. The zero-order chi connectivity index (χ0) is 11.9. The number of benzene rings is 1. The number of hydrogen-bond donors (Lipinski definition) is 2. The molecule has 0 saturated heterocycles. The van der Waals surface area contributed by atoms with Gasteiger partial charge in [0.2, 0.25) is 0 Å². The molecule has 2 rings (SSSR count). The number of nitrogens with two attached hydrogens (primary N) is 1. The number of rotatable bonds is 1. The Kier molecular flexibility index (Phi) is 2.55. The van der Waals surface area contributed by atoms with E-state index in [4.69, 9.17) is 10.8 Å². The van der Waals surface area contributed by atoms with Crippen molar-refractivity contribution in [1.82, 2.24) is 4.98 Å². The van der Waals surface area contributed by atoms with Crippen molar-refractivity contribution >= 4 is 38.4 Å². The predicted octanol–water partition coefficient (Wildman–Crippen LogP) is 2.59. The molecule has 0 aliphatic heterocycles. The number of carboxylic acids is 1. The molecule has 4 nitrogen and oxygen atoms in total. The topological polar surface area (TPSA) is 76.2 Å². The van der Waals surface area contributed by atoms with Crippen LogP contribution in [0.1, 0.15) is 16.1 Å². The minimum absolute atomic E-state index is 0.0184. The van der Waals surface area contributed by atoms with Crippen molar-refractivity contribution in [2.24, 2.45) is 0 Å². The number of fused-ring (bicyclic) bond motifs is 1. The molecule has 0 aliphatic carbocycles. The average Bonchev–Trinajstić information content (AvgIpc) is 2.23. The monoisotopic (exact) mass is 280 g/mol. The van der Waals surface area contributed by atoms with Crippen molar-refractivity contribution < 1.29 is 9.90 Å². The van der Waals surface area contributed by atoms with Gasteiger partial charge in [0.1, 0.15) is 0 Å². The van der Waals surface area contributed by atoms with Crippen LogP contribution < -0.4 is 5.73 Å². The van der Waals surface area contributed by atoms with E-state index in [1.807, 2.05) is 6.92 Å². The van der Waals surface area contributed by atoms with Crippen molar-refractivity contribution in [2.45, 2.75) is 6.92 Å². The van der Waals surface area contributed by atoms with Crippen LogP contribution in [-0.4, -0.2) is 16.1 Å². The van der Waals surface area contributed by atoms with Crippen LogP contribution in [0.3, 0.4) is 0 Å². The van der Waals surface area contributed by atoms with Crippen LogP contribution >= 0.6 is 15.9 Å². The highest BCUT2D eigenvalue weighted by Gasteiger charge is 2.14. The molecule has 1 heterocycles. The van der Waals surface area contributed by atoms with Gasteiger partial charge in [-0.25, -0.2) is 9.78 Å². The van der Waals surface area contributed by atoms with Gasteiger partial charge >= 0.3 is 5.97 Å². The molecule has 82 valence electrons. The lowest BCUT2D eigenvalue weighted by Gasteiger charge is -2.09. The second kappa shape index (κ2) is 3.75. The van der Waals surface area contributed by atoms with Gasteiger partial charge in [-0.1, -0.05) is 12.1 Å². The van der Waals surface area contributed by atoms with Crippen LogP contribution in [0.5, 0.6) is 0 Å². The number of hydrogen-bond acceptors (Lipinski definition) is 3. The Labute approximate surface area is 100 Å². The van der Waals surface area contributed by atoms with Crippen LogP contribution in [-0.2, 0) is 0 Å². The second-order valence-electron chi connectivity index (χ2n) is 3.48. The van der Waals surface area contributed by atoms with Crippen molar-refractivity contribution in [1.29, 1.82) is 0 Å². The number of aryl methyl sites for hydroxylation is 1. The Morgan fingerprint density at radius 2 is 2.19 bits per heavy atom. The molecular formula is C11H9BrN2O2. The van der Waals surface area contributed by atoms with Crippen molar-refractivity contribution in [3.05, 3.63) is 34.1 Å². The minimum Gasteiger partial charge on any atom is -0.476 e. The molecule has 0 bridgehead atoms. The number of anilines is 1. The summed E-state index contributed by atoms with van der Waals surface area (Å²) in [6.45, 7) is 1.88. The fourth-order valence-electron chi connectivity index (χ4n) is 1.60. The van der Waals surface area contributed by atoms with E-state index < -0.39 is 5.97 Å². The van der Waals surface area contributed by atoms with Gasteiger partial charge in [-0.05, 0) is 28.4 Å². The Morgan fingerprint density at radius 3 is 2.81 bits per heavy atom. The van der Waals surface area contributed by atoms with Gasteiger partial charge in [-0.2, -0.15) is 0 Å². The van der Waals surface area contributed by atoms with E-state index in [1.165, 1.54) is 6.20 Å². The number of nitrogen functional groups attached to an aromatic ring is 1. The van der Waals surface area contributed by atoms with Gasteiger partial charge in [0.25, 0.3) is 0 Å². The first-order valence-corrected chi connectivity index (χ1v) is 5.38. The zero-order valence-corrected chi connectivity index (χ0v) is 10.1. The normalized spacial score (nSPS) is 10.6. The summed E-state index contributed by atoms with van der Waals surface area (Å²) >= 11 is 3.33. The van der Waals surface area contributed by atoms with Gasteiger partial charge in [0, 0.05) is 27.1 Å². The van der Waals surface area contributed by atoms with Gasteiger partial charge in [0.05, 0.1) is 0 Å². The van der Waals surface area contributed by atoms with E-state index in [-0.39, 0.29) is 5.69 Å². The lowest BCUT2D eigenvalue weighted by atomic mass is 10.0. The molecule has 1 aromatic carbocycles. The second-order valence-corrected chi connectivity index (χ2v) is 4.33. The molecule has 0 radical (unpaired) electrons.